The number of phenolic OH excluding ortho intramolecular Hbond substituents is 2. The molecule has 1 heterocycles. The molecule has 3 rings (SSSR count). The van der Waals surface area contributed by atoms with Crippen molar-refractivity contribution in [1.29, 1.82) is 0 Å². The maximum absolute atomic E-state index is 13.6. The van der Waals surface area contributed by atoms with Crippen LogP contribution in [0, 0.1) is 0 Å². The number of aliphatic hydroxyl groups is 1. The van der Waals surface area contributed by atoms with Crippen LogP contribution in [-0.2, 0) is 40.0 Å². The van der Waals surface area contributed by atoms with Gasteiger partial charge in [0.05, 0.1) is 26.2 Å². The molecule has 0 fully saturated rings. The van der Waals surface area contributed by atoms with Gasteiger partial charge < -0.3 is 51.5 Å². The summed E-state index contributed by atoms with van der Waals surface area (Å²) in [7, 11) is 2.68. The Hall–Kier alpha value is -5.71. The first-order valence-corrected chi connectivity index (χ1v) is 21.3. The second kappa shape index (κ2) is 25.8. The zero-order chi connectivity index (χ0) is 44.9. The molecule has 0 aromatic heterocycles. The number of rotatable bonds is 23. The van der Waals surface area contributed by atoms with Gasteiger partial charge in [0, 0.05) is 38.1 Å². The van der Waals surface area contributed by atoms with E-state index in [2.05, 4.69) is 28.2 Å². The molecule has 0 saturated heterocycles. The van der Waals surface area contributed by atoms with Crippen molar-refractivity contribution in [2.24, 2.45) is 0 Å². The predicted octanol–water partition coefficient (Wildman–Crippen LogP) is 3.04. The maximum Gasteiger partial charge on any atom is 0.326 e. The lowest BCUT2D eigenvalue weighted by Crippen LogP contribution is -2.52. The Labute approximate surface area is 357 Å². The molecule has 4 bridgehead atoms. The van der Waals surface area contributed by atoms with Crippen molar-refractivity contribution in [3.05, 3.63) is 47.5 Å². The number of carbonyl (C=O) groups is 7. The van der Waals surface area contributed by atoms with Gasteiger partial charge in [-0.05, 0) is 41.8 Å². The zero-order valence-corrected chi connectivity index (χ0v) is 35.7. The number of hydrogen-bond donors (Lipinski definition) is 8. The molecule has 1 aliphatic rings. The van der Waals surface area contributed by atoms with E-state index in [9.17, 15) is 54.0 Å². The van der Waals surface area contributed by atoms with Gasteiger partial charge in [0.2, 0.25) is 35.4 Å². The van der Waals surface area contributed by atoms with Crippen molar-refractivity contribution in [3.63, 3.8) is 0 Å². The third-order valence-electron chi connectivity index (χ3n) is 10.9. The van der Waals surface area contributed by atoms with Crippen LogP contribution in [0.1, 0.15) is 114 Å². The number of nitrogens with one attached hydrogen (secondary N) is 4. The largest absolute Gasteiger partial charge is 0.507 e. The van der Waals surface area contributed by atoms with E-state index in [1.165, 1.54) is 108 Å². The molecule has 1 aliphatic heterocycles. The summed E-state index contributed by atoms with van der Waals surface area (Å²) in [6.45, 7) is -0.319. The van der Waals surface area contributed by atoms with E-state index in [1.807, 2.05) is 0 Å². The number of phenols is 2. The van der Waals surface area contributed by atoms with Crippen LogP contribution < -0.4 is 21.3 Å². The van der Waals surface area contributed by atoms with E-state index in [-0.39, 0.29) is 46.9 Å². The van der Waals surface area contributed by atoms with Gasteiger partial charge in [0.25, 0.3) is 0 Å². The minimum absolute atomic E-state index is 0.0700. The molecule has 0 aliphatic carbocycles. The lowest BCUT2D eigenvalue weighted by Gasteiger charge is -2.29. The van der Waals surface area contributed by atoms with E-state index in [1.54, 1.807) is 0 Å². The average molecular weight is 853 g/mol. The Kier molecular flexibility index (Phi) is 21.0. The summed E-state index contributed by atoms with van der Waals surface area (Å²) in [5, 5.41) is 50.6. The molecule has 17 heteroatoms. The summed E-state index contributed by atoms with van der Waals surface area (Å²) < 4.78 is 0. The van der Waals surface area contributed by atoms with Gasteiger partial charge in [-0.2, -0.15) is 0 Å². The number of hydrogen-bond acceptors (Lipinski definition) is 10. The van der Waals surface area contributed by atoms with E-state index in [4.69, 9.17) is 0 Å². The number of likely N-dealkylation sites (N-methyl/N-ethyl adjacent to an activating group) is 2. The normalized spacial score (nSPS) is 15.7. The van der Waals surface area contributed by atoms with Gasteiger partial charge in [-0.3, -0.25) is 28.8 Å². The first kappa shape index (κ1) is 49.7. The summed E-state index contributed by atoms with van der Waals surface area (Å²) in [6.07, 6.45) is 15.2. The Bertz CT molecular complexity index is 1820. The predicted molar refractivity (Wildman–Crippen MR) is 227 cm³/mol. The SMILES string of the molecule is CCCCCCCCCCCCCCCC(=O)N(C)C(CO)C(=O)NCC(=O)NCC(=O)N(C)[C@@H]1C(=O)NCC(=O)NC(C(=O)O)Cc2ccc(O)c(c2)-c2cc1ccc2O. The number of carboxylic acids is 1. The fraction of sp³-hybridized carbons (Fsp3) is 0.568. The number of carbonyl (C=O) groups excluding carboxylic acids is 6. The summed E-state index contributed by atoms with van der Waals surface area (Å²) in [5.41, 5.74) is 0.740. The van der Waals surface area contributed by atoms with Crippen LogP contribution in [0.5, 0.6) is 11.5 Å². The molecule has 2 unspecified atom stereocenters. The molecule has 6 amide bonds. The van der Waals surface area contributed by atoms with E-state index >= 15 is 0 Å². The molecule has 17 nitrogen and oxygen atoms in total. The van der Waals surface area contributed by atoms with Crippen molar-refractivity contribution in [2.45, 2.75) is 121 Å². The highest BCUT2D eigenvalue weighted by molar-refractivity contribution is 5.95. The zero-order valence-electron chi connectivity index (χ0n) is 35.7. The molecule has 2 aromatic carbocycles. The van der Waals surface area contributed by atoms with Gasteiger partial charge >= 0.3 is 5.97 Å². The van der Waals surface area contributed by atoms with Crippen molar-refractivity contribution >= 4 is 41.4 Å². The number of unbranched alkanes of at least 4 members (excludes halogenated alkanes) is 12. The Morgan fingerprint density at radius 1 is 0.770 bits per heavy atom. The highest BCUT2D eigenvalue weighted by atomic mass is 16.4. The summed E-state index contributed by atoms with van der Waals surface area (Å²) in [5.74, 6) is -6.22. The van der Waals surface area contributed by atoms with Crippen LogP contribution >= 0.6 is 0 Å². The number of amides is 6. The van der Waals surface area contributed by atoms with E-state index in [0.29, 0.717) is 12.0 Å². The topological polar surface area (TPSA) is 255 Å². The fourth-order valence-corrected chi connectivity index (χ4v) is 7.18. The van der Waals surface area contributed by atoms with Gasteiger partial charge in [0.15, 0.2) is 0 Å². The average Bonchev–Trinajstić information content (AvgIpc) is 3.23. The number of carboxylic acid groups (broad SMARTS) is 1. The first-order chi connectivity index (χ1) is 29.2. The summed E-state index contributed by atoms with van der Waals surface area (Å²) in [4.78, 5) is 92.3. The number of benzene rings is 2. The summed E-state index contributed by atoms with van der Waals surface area (Å²) in [6, 6.07) is 4.13. The Morgan fingerprint density at radius 3 is 1.93 bits per heavy atom. The standard InChI is InChI=1S/C44H64N6O11/c1-4-5-6-7-8-9-10-11-12-13-14-15-16-17-39(56)49(2)34(28-51)42(58)46-25-37(54)45-27-40(57)50(3)41-30-19-21-36(53)32(24-30)31-22-29(18-20-35(31)52)23-33(44(60)61)48-38(55)26-47-43(41)59/h18-22,24,33-34,41,51-53H,4-17,23,25-28H2,1-3H3,(H,45,54)(H,46,58)(H,47,59)(H,48,55)(H,60,61)/t33?,34?,41-/m0/s1. The van der Waals surface area contributed by atoms with Gasteiger partial charge in [-0.15, -0.1) is 0 Å². The number of aliphatic hydroxyl groups excluding tert-OH is 1. The molecule has 0 saturated carbocycles. The monoisotopic (exact) mass is 852 g/mol. The molecule has 0 spiro atoms. The van der Waals surface area contributed by atoms with Crippen LogP contribution in [0.25, 0.3) is 11.1 Å². The third-order valence-corrected chi connectivity index (χ3v) is 10.9. The Morgan fingerprint density at radius 2 is 1.34 bits per heavy atom. The second-order valence-electron chi connectivity index (χ2n) is 15.6. The van der Waals surface area contributed by atoms with Gasteiger partial charge in [0.1, 0.15) is 29.6 Å². The molecular weight excluding hydrogens is 789 g/mol. The molecule has 336 valence electrons. The minimum atomic E-state index is -1.45. The second-order valence-corrected chi connectivity index (χ2v) is 15.6. The highest BCUT2D eigenvalue weighted by Crippen LogP contribution is 2.38. The quantitative estimate of drug-likeness (QED) is 0.0755. The van der Waals surface area contributed by atoms with Crippen molar-refractivity contribution in [2.75, 3.05) is 40.3 Å². The first-order valence-electron chi connectivity index (χ1n) is 21.3. The molecule has 3 atom stereocenters. The van der Waals surface area contributed by atoms with E-state index < -0.39 is 79.9 Å². The maximum atomic E-state index is 13.6. The van der Waals surface area contributed by atoms with Crippen molar-refractivity contribution in [3.8, 4) is 22.6 Å². The fourth-order valence-electron chi connectivity index (χ4n) is 7.18. The number of fused-ring (bicyclic) bond motifs is 5. The van der Waals surface area contributed by atoms with Crippen LogP contribution in [0.2, 0.25) is 0 Å². The summed E-state index contributed by atoms with van der Waals surface area (Å²) >= 11 is 0. The lowest BCUT2D eigenvalue weighted by atomic mass is 9.94. The van der Waals surface area contributed by atoms with Gasteiger partial charge in [-0.1, -0.05) is 96.1 Å². The van der Waals surface area contributed by atoms with Crippen molar-refractivity contribution in [1.82, 2.24) is 31.1 Å². The van der Waals surface area contributed by atoms with Crippen LogP contribution in [0.4, 0.5) is 0 Å². The van der Waals surface area contributed by atoms with Crippen LogP contribution in [-0.4, -0.2) is 124 Å². The van der Waals surface area contributed by atoms with Crippen LogP contribution in [0.15, 0.2) is 36.4 Å². The number of aromatic hydroxyl groups is 2. The third kappa shape index (κ3) is 16.0. The Balaban J connectivity index is 1.54. The number of aliphatic carboxylic acids is 1. The minimum Gasteiger partial charge on any atom is -0.507 e. The van der Waals surface area contributed by atoms with E-state index in [0.717, 1.165) is 29.1 Å². The molecule has 61 heavy (non-hydrogen) atoms. The number of nitrogens with zero attached hydrogens (tertiary/aromatic N) is 2. The lowest BCUT2D eigenvalue weighted by molar-refractivity contribution is -0.142. The van der Waals surface area contributed by atoms with Crippen LogP contribution in [0.3, 0.4) is 0 Å². The van der Waals surface area contributed by atoms with Gasteiger partial charge in [-0.25, -0.2) is 4.79 Å². The molecule has 8 N–H and O–H groups in total. The van der Waals surface area contributed by atoms with Crippen molar-refractivity contribution < 1.29 is 54.0 Å². The highest BCUT2D eigenvalue weighted by Gasteiger charge is 2.32. The molecule has 2 aromatic rings. The molecule has 0 radical (unpaired) electrons. The smallest absolute Gasteiger partial charge is 0.326 e. The molecular formula is C44H64N6O11.